The van der Waals surface area contributed by atoms with E-state index >= 15 is 0 Å². The number of allylic oxidation sites excluding steroid dienone is 1. The molecule has 0 saturated carbocycles. The third kappa shape index (κ3) is 1.39. The van der Waals surface area contributed by atoms with Crippen LogP contribution in [0.4, 0.5) is 0 Å². The van der Waals surface area contributed by atoms with Crippen molar-refractivity contribution in [2.75, 3.05) is 0 Å². The molecule has 2 aliphatic rings. The summed E-state index contributed by atoms with van der Waals surface area (Å²) in [6.07, 6.45) is 7.59. The first-order valence-electron chi connectivity index (χ1n) is 5.06. The molecule has 0 aromatic heterocycles. The van der Waals surface area contributed by atoms with Crippen LogP contribution in [0, 0.1) is 3.57 Å². The van der Waals surface area contributed by atoms with Crippen molar-refractivity contribution in [3.63, 3.8) is 0 Å². The van der Waals surface area contributed by atoms with Gasteiger partial charge < -0.3 is 4.74 Å². The van der Waals surface area contributed by atoms with Gasteiger partial charge in [0.25, 0.3) is 0 Å². The summed E-state index contributed by atoms with van der Waals surface area (Å²) in [6, 6.07) is 4.47. The molecule has 76 valence electrons. The first-order valence-corrected chi connectivity index (χ1v) is 6.14. The Labute approximate surface area is 103 Å². The summed E-state index contributed by atoms with van der Waals surface area (Å²) in [5.41, 5.74) is 4.10. The van der Waals surface area contributed by atoms with Crippen molar-refractivity contribution in [3.8, 4) is 0 Å². The first-order chi connectivity index (χ1) is 7.29. The van der Waals surface area contributed by atoms with Crippen LogP contribution in [-0.4, -0.2) is 0 Å². The van der Waals surface area contributed by atoms with Crippen molar-refractivity contribution in [1.82, 2.24) is 0 Å². The van der Waals surface area contributed by atoms with E-state index in [-0.39, 0.29) is 12.2 Å². The van der Waals surface area contributed by atoms with Gasteiger partial charge in [0.2, 0.25) is 0 Å². The second-order valence-electron chi connectivity index (χ2n) is 3.92. The van der Waals surface area contributed by atoms with E-state index in [4.69, 9.17) is 4.74 Å². The highest BCUT2D eigenvalue weighted by atomic mass is 127. The van der Waals surface area contributed by atoms with E-state index < -0.39 is 0 Å². The van der Waals surface area contributed by atoms with Crippen LogP contribution in [0.2, 0.25) is 0 Å². The van der Waals surface area contributed by atoms with E-state index in [0.717, 1.165) is 6.42 Å². The lowest BCUT2D eigenvalue weighted by Gasteiger charge is -2.12. The number of fused-ring (bicyclic) bond motifs is 5. The minimum absolute atomic E-state index is 0.192. The summed E-state index contributed by atoms with van der Waals surface area (Å²) < 4.78 is 7.12. The van der Waals surface area contributed by atoms with Crippen molar-refractivity contribution in [1.29, 1.82) is 0 Å². The number of hydrogen-bond donors (Lipinski definition) is 0. The summed E-state index contributed by atoms with van der Waals surface area (Å²) in [6.45, 7) is 3.81. The minimum atomic E-state index is 0.192. The van der Waals surface area contributed by atoms with Crippen LogP contribution in [-0.2, 0) is 11.2 Å². The monoisotopic (exact) mass is 310 g/mol. The van der Waals surface area contributed by atoms with E-state index in [9.17, 15) is 0 Å². The molecule has 1 aromatic carbocycles. The maximum absolute atomic E-state index is 5.84. The second kappa shape index (κ2) is 3.46. The molecule has 1 aromatic rings. The molecule has 0 radical (unpaired) electrons. The van der Waals surface area contributed by atoms with Crippen molar-refractivity contribution in [2.24, 2.45) is 0 Å². The lowest BCUT2D eigenvalue weighted by atomic mass is 9.91. The summed E-state index contributed by atoms with van der Waals surface area (Å²) in [5, 5.41) is 0. The molecular weight excluding hydrogens is 299 g/mol. The highest BCUT2D eigenvalue weighted by Crippen LogP contribution is 2.47. The van der Waals surface area contributed by atoms with Gasteiger partial charge in [-0.1, -0.05) is 18.2 Å². The van der Waals surface area contributed by atoms with E-state index in [1.54, 1.807) is 0 Å². The predicted octanol–water partition coefficient (Wildman–Crippen LogP) is 3.70. The van der Waals surface area contributed by atoms with Crippen molar-refractivity contribution < 1.29 is 4.74 Å². The van der Waals surface area contributed by atoms with Gasteiger partial charge in [0.1, 0.15) is 12.2 Å². The standard InChI is InChI=1S/C13H11IO/c1-2-3-8-6-9(14)7-10-11-4-5-12(15-11)13(8)10/h2,4-7,11-12H,1,3H2. The van der Waals surface area contributed by atoms with Crippen molar-refractivity contribution in [3.05, 3.63) is 57.2 Å². The predicted molar refractivity (Wildman–Crippen MR) is 68.8 cm³/mol. The zero-order valence-corrected chi connectivity index (χ0v) is 10.4. The van der Waals surface area contributed by atoms with Gasteiger partial charge in [-0.3, -0.25) is 0 Å². The van der Waals surface area contributed by atoms with Gasteiger partial charge in [0, 0.05) is 3.57 Å². The van der Waals surface area contributed by atoms with Gasteiger partial charge in [0.15, 0.2) is 0 Å². The van der Waals surface area contributed by atoms with Crippen LogP contribution in [0.1, 0.15) is 28.9 Å². The average Bonchev–Trinajstić information content (AvgIpc) is 2.77. The Morgan fingerprint density at radius 2 is 2.13 bits per heavy atom. The molecule has 1 nitrogen and oxygen atoms in total. The summed E-state index contributed by atoms with van der Waals surface area (Å²) in [7, 11) is 0. The Hall–Kier alpha value is -0.610. The zero-order chi connectivity index (χ0) is 10.4. The fourth-order valence-corrected chi connectivity index (χ4v) is 3.11. The highest BCUT2D eigenvalue weighted by molar-refractivity contribution is 14.1. The quantitative estimate of drug-likeness (QED) is 0.598. The molecular formula is C13H11IO. The normalized spacial score (nSPS) is 25.7. The number of halogens is 1. The molecule has 0 N–H and O–H groups in total. The molecule has 2 heteroatoms. The molecule has 0 fully saturated rings. The van der Waals surface area contributed by atoms with Gasteiger partial charge >= 0.3 is 0 Å². The third-order valence-corrected chi connectivity index (χ3v) is 3.59. The number of hydrogen-bond acceptors (Lipinski definition) is 1. The van der Waals surface area contributed by atoms with Crippen LogP contribution in [0.5, 0.6) is 0 Å². The molecule has 0 amide bonds. The fourth-order valence-electron chi connectivity index (χ4n) is 2.40. The summed E-state index contributed by atoms with van der Waals surface area (Å²) in [5.74, 6) is 0. The van der Waals surface area contributed by atoms with Crippen LogP contribution in [0.25, 0.3) is 0 Å². The topological polar surface area (TPSA) is 9.23 Å². The second-order valence-corrected chi connectivity index (χ2v) is 5.17. The maximum Gasteiger partial charge on any atom is 0.103 e. The molecule has 15 heavy (non-hydrogen) atoms. The largest absolute Gasteiger partial charge is 0.357 e. The lowest BCUT2D eigenvalue weighted by molar-refractivity contribution is 0.0876. The molecule has 2 aliphatic heterocycles. The van der Waals surface area contributed by atoms with Crippen molar-refractivity contribution >= 4 is 22.6 Å². The Balaban J connectivity index is 2.19. The van der Waals surface area contributed by atoms with Gasteiger partial charge in [-0.05, 0) is 57.8 Å². The maximum atomic E-state index is 5.84. The van der Waals surface area contributed by atoms with Gasteiger partial charge in [-0.2, -0.15) is 0 Å². The molecule has 2 bridgehead atoms. The van der Waals surface area contributed by atoms with Gasteiger partial charge in [-0.25, -0.2) is 0 Å². The summed E-state index contributed by atoms with van der Waals surface area (Å²) in [4.78, 5) is 0. The van der Waals surface area contributed by atoms with E-state index in [0.29, 0.717) is 0 Å². The molecule has 3 rings (SSSR count). The molecule has 2 atom stereocenters. The Morgan fingerprint density at radius 1 is 1.33 bits per heavy atom. The smallest absolute Gasteiger partial charge is 0.103 e. The van der Waals surface area contributed by atoms with E-state index in [2.05, 4.69) is 53.5 Å². The lowest BCUT2D eigenvalue weighted by Crippen LogP contribution is -2.00. The molecule has 0 aliphatic carbocycles. The first kappa shape index (κ1) is 9.60. The van der Waals surface area contributed by atoms with Crippen LogP contribution < -0.4 is 0 Å². The Bertz CT molecular complexity index is 462. The Kier molecular flexibility index (Phi) is 2.21. The SMILES string of the molecule is C=CCc1cc(I)cc2c1C1C=CC2O1. The summed E-state index contributed by atoms with van der Waals surface area (Å²) >= 11 is 2.37. The average molecular weight is 310 g/mol. The number of benzene rings is 1. The third-order valence-electron chi connectivity index (χ3n) is 2.97. The molecule has 0 saturated heterocycles. The molecule has 2 unspecified atom stereocenters. The van der Waals surface area contributed by atoms with Gasteiger partial charge in [0.05, 0.1) is 0 Å². The van der Waals surface area contributed by atoms with Crippen LogP contribution in [0.15, 0.2) is 36.9 Å². The van der Waals surface area contributed by atoms with Crippen LogP contribution in [0.3, 0.4) is 0 Å². The molecule has 2 heterocycles. The van der Waals surface area contributed by atoms with Crippen molar-refractivity contribution in [2.45, 2.75) is 18.6 Å². The fraction of sp³-hybridized carbons (Fsp3) is 0.231. The Morgan fingerprint density at radius 3 is 2.93 bits per heavy atom. The highest BCUT2D eigenvalue weighted by Gasteiger charge is 2.35. The van der Waals surface area contributed by atoms with E-state index in [1.165, 1.54) is 20.3 Å². The molecule has 0 spiro atoms. The number of rotatable bonds is 2. The zero-order valence-electron chi connectivity index (χ0n) is 8.24. The van der Waals surface area contributed by atoms with E-state index in [1.807, 2.05) is 6.08 Å². The number of ether oxygens (including phenoxy) is 1. The van der Waals surface area contributed by atoms with Crippen LogP contribution >= 0.6 is 22.6 Å². The van der Waals surface area contributed by atoms with Gasteiger partial charge in [-0.15, -0.1) is 6.58 Å². The minimum Gasteiger partial charge on any atom is -0.357 e.